The number of benzene rings is 1. The molecule has 0 bridgehead atoms. The van der Waals surface area contributed by atoms with E-state index >= 15 is 0 Å². The minimum absolute atomic E-state index is 0.103. The molecule has 21 heavy (non-hydrogen) atoms. The fourth-order valence-corrected chi connectivity index (χ4v) is 2.83. The Morgan fingerprint density at radius 2 is 1.86 bits per heavy atom. The van der Waals surface area contributed by atoms with E-state index in [1.807, 2.05) is 6.07 Å². The summed E-state index contributed by atoms with van der Waals surface area (Å²) >= 11 is 0. The van der Waals surface area contributed by atoms with Gasteiger partial charge >= 0.3 is 0 Å². The molecule has 0 atom stereocenters. The fraction of sp³-hybridized carbons (Fsp3) is 0.133. The first kappa shape index (κ1) is 15.0. The highest BCUT2D eigenvalue weighted by Gasteiger charge is 2.12. The van der Waals surface area contributed by atoms with Crippen molar-refractivity contribution in [3.05, 3.63) is 59.8 Å². The summed E-state index contributed by atoms with van der Waals surface area (Å²) in [6.07, 6.45) is 0. The molecule has 0 radical (unpaired) electrons. The summed E-state index contributed by atoms with van der Waals surface area (Å²) in [7, 11) is -3.51. The topological polar surface area (TPSA) is 85.1 Å². The lowest BCUT2D eigenvalue weighted by Gasteiger charge is -2.07. The summed E-state index contributed by atoms with van der Waals surface area (Å²) in [5.41, 5.74) is 6.47. The minimum Gasteiger partial charge on any atom is -0.320 e. The summed E-state index contributed by atoms with van der Waals surface area (Å²) in [4.78, 5) is 4.12. The molecule has 3 N–H and O–H groups in total. The van der Waals surface area contributed by atoms with Crippen LogP contribution in [0.25, 0.3) is 0 Å². The fourth-order valence-electron chi connectivity index (χ4n) is 1.69. The molecular formula is C15H15N3O2S. The molecular weight excluding hydrogens is 286 g/mol. The standard InChI is InChI=1S/C15H15N3O2S/c16-11-5-9-14-8-4-10-15(17-14)18-21(19,20)12-13-6-2-1-3-7-13/h1-4,6-8,10H,11-12,16H2,(H,17,18). The Hall–Kier alpha value is -2.36. The number of aromatic nitrogens is 1. The highest BCUT2D eigenvalue weighted by atomic mass is 32.2. The number of nitrogens with one attached hydrogen (secondary N) is 1. The first-order chi connectivity index (χ1) is 10.1. The molecule has 2 aromatic rings. The van der Waals surface area contributed by atoms with Gasteiger partial charge in [-0.15, -0.1) is 0 Å². The van der Waals surface area contributed by atoms with Crippen molar-refractivity contribution >= 4 is 15.8 Å². The van der Waals surface area contributed by atoms with Gasteiger partial charge in [0.15, 0.2) is 0 Å². The van der Waals surface area contributed by atoms with E-state index in [0.717, 1.165) is 0 Å². The molecule has 1 aromatic heterocycles. The van der Waals surface area contributed by atoms with Gasteiger partial charge in [-0.2, -0.15) is 0 Å². The van der Waals surface area contributed by atoms with Crippen LogP contribution < -0.4 is 10.5 Å². The van der Waals surface area contributed by atoms with Crippen molar-refractivity contribution in [2.24, 2.45) is 5.73 Å². The van der Waals surface area contributed by atoms with E-state index in [9.17, 15) is 8.42 Å². The van der Waals surface area contributed by atoms with Crippen molar-refractivity contribution in [2.45, 2.75) is 5.75 Å². The molecule has 0 aliphatic carbocycles. The molecule has 0 spiro atoms. The van der Waals surface area contributed by atoms with Crippen molar-refractivity contribution in [3.63, 3.8) is 0 Å². The molecule has 0 amide bonds. The lowest BCUT2D eigenvalue weighted by Crippen LogP contribution is -2.16. The zero-order chi connectivity index (χ0) is 15.1. The maximum atomic E-state index is 12.1. The second-order valence-corrected chi connectivity index (χ2v) is 5.98. The maximum absolute atomic E-state index is 12.1. The van der Waals surface area contributed by atoms with Crippen molar-refractivity contribution < 1.29 is 8.42 Å². The lowest BCUT2D eigenvalue weighted by molar-refractivity contribution is 0.600. The third kappa shape index (κ3) is 4.91. The molecule has 6 heteroatoms. The monoisotopic (exact) mass is 301 g/mol. The third-order valence-corrected chi connectivity index (χ3v) is 3.76. The first-order valence-corrected chi connectivity index (χ1v) is 7.95. The quantitative estimate of drug-likeness (QED) is 0.834. The number of sulfonamides is 1. The van der Waals surface area contributed by atoms with Crippen LogP contribution in [0.15, 0.2) is 48.5 Å². The van der Waals surface area contributed by atoms with Crippen molar-refractivity contribution in [1.82, 2.24) is 4.98 Å². The van der Waals surface area contributed by atoms with Gasteiger partial charge in [0.1, 0.15) is 11.5 Å². The van der Waals surface area contributed by atoms with E-state index in [2.05, 4.69) is 21.5 Å². The van der Waals surface area contributed by atoms with Gasteiger partial charge in [-0.3, -0.25) is 4.72 Å². The normalized spacial score (nSPS) is 10.5. The van der Waals surface area contributed by atoms with Crippen molar-refractivity contribution in [3.8, 4) is 11.8 Å². The molecule has 0 aliphatic rings. The number of anilines is 1. The smallest absolute Gasteiger partial charge is 0.238 e. The molecule has 108 valence electrons. The van der Waals surface area contributed by atoms with E-state index < -0.39 is 10.0 Å². The van der Waals surface area contributed by atoms with E-state index in [1.54, 1.807) is 42.5 Å². The second-order valence-electron chi connectivity index (χ2n) is 4.26. The zero-order valence-electron chi connectivity index (χ0n) is 11.3. The minimum atomic E-state index is -3.51. The maximum Gasteiger partial charge on any atom is 0.238 e. The number of hydrogen-bond donors (Lipinski definition) is 2. The molecule has 0 aliphatic heterocycles. The van der Waals surface area contributed by atoms with E-state index in [1.165, 1.54) is 0 Å². The highest BCUT2D eigenvalue weighted by Crippen LogP contribution is 2.11. The second kappa shape index (κ2) is 6.88. The molecule has 0 unspecified atom stereocenters. The van der Waals surface area contributed by atoms with Gasteiger partial charge in [0, 0.05) is 0 Å². The van der Waals surface area contributed by atoms with Gasteiger partial charge in [0.05, 0.1) is 12.3 Å². The SMILES string of the molecule is NCC#Cc1cccc(NS(=O)(=O)Cc2ccccc2)n1. The van der Waals surface area contributed by atoms with E-state index in [0.29, 0.717) is 11.3 Å². The van der Waals surface area contributed by atoms with Crippen molar-refractivity contribution in [1.29, 1.82) is 0 Å². The van der Waals surface area contributed by atoms with Crippen LogP contribution in [0.5, 0.6) is 0 Å². The van der Waals surface area contributed by atoms with E-state index in [-0.39, 0.29) is 18.1 Å². The van der Waals surface area contributed by atoms with Crippen molar-refractivity contribution in [2.75, 3.05) is 11.3 Å². The Morgan fingerprint density at radius 3 is 2.57 bits per heavy atom. The Balaban J connectivity index is 2.13. The average Bonchev–Trinajstić information content (AvgIpc) is 2.45. The van der Waals surface area contributed by atoms with Gasteiger partial charge in [-0.05, 0) is 23.6 Å². The lowest BCUT2D eigenvalue weighted by atomic mass is 10.2. The zero-order valence-corrected chi connectivity index (χ0v) is 12.1. The molecule has 0 fully saturated rings. The van der Waals surface area contributed by atoms with Gasteiger partial charge in [0.25, 0.3) is 0 Å². The summed E-state index contributed by atoms with van der Waals surface area (Å²) in [5.74, 6) is 5.57. The predicted molar refractivity (Wildman–Crippen MR) is 82.9 cm³/mol. The molecule has 5 nitrogen and oxygen atoms in total. The van der Waals surface area contributed by atoms with Gasteiger partial charge < -0.3 is 5.73 Å². The Morgan fingerprint density at radius 1 is 1.10 bits per heavy atom. The van der Waals surface area contributed by atoms with Crippen LogP contribution in [0.4, 0.5) is 5.82 Å². The average molecular weight is 301 g/mol. The third-order valence-electron chi connectivity index (χ3n) is 2.53. The molecule has 0 saturated heterocycles. The van der Waals surface area contributed by atoms with Crippen LogP contribution in [-0.4, -0.2) is 19.9 Å². The summed E-state index contributed by atoms with van der Waals surface area (Å²) in [6, 6.07) is 13.9. The van der Waals surface area contributed by atoms with Crippen LogP contribution >= 0.6 is 0 Å². The predicted octanol–water partition coefficient (Wildman–Crippen LogP) is 1.33. The van der Waals surface area contributed by atoms with E-state index in [4.69, 9.17) is 5.73 Å². The Kier molecular flexibility index (Phi) is 4.93. The number of hydrogen-bond acceptors (Lipinski definition) is 4. The summed E-state index contributed by atoms with van der Waals surface area (Å²) in [6.45, 7) is 0.228. The van der Waals surface area contributed by atoms with Gasteiger partial charge in [0.2, 0.25) is 10.0 Å². The Labute approximate surface area is 124 Å². The number of pyridine rings is 1. The number of nitrogens with two attached hydrogens (primary N) is 1. The van der Waals surface area contributed by atoms with Gasteiger partial charge in [-0.1, -0.05) is 42.3 Å². The van der Waals surface area contributed by atoms with Crippen LogP contribution in [0.2, 0.25) is 0 Å². The van der Waals surface area contributed by atoms with Crippen LogP contribution in [0, 0.1) is 11.8 Å². The summed E-state index contributed by atoms with van der Waals surface area (Å²) in [5, 5.41) is 0. The molecule has 2 rings (SSSR count). The van der Waals surface area contributed by atoms with Gasteiger partial charge in [-0.25, -0.2) is 13.4 Å². The Bertz CT molecular complexity index is 762. The molecule has 1 aromatic carbocycles. The number of nitrogens with zero attached hydrogens (tertiary/aromatic N) is 1. The first-order valence-electron chi connectivity index (χ1n) is 6.29. The molecule has 0 saturated carbocycles. The van der Waals surface area contributed by atoms with Crippen LogP contribution in [-0.2, 0) is 15.8 Å². The molecule has 1 heterocycles. The van der Waals surface area contributed by atoms with Crippen LogP contribution in [0.3, 0.4) is 0 Å². The largest absolute Gasteiger partial charge is 0.320 e. The van der Waals surface area contributed by atoms with Crippen LogP contribution in [0.1, 0.15) is 11.3 Å². The number of rotatable bonds is 4. The highest BCUT2D eigenvalue weighted by molar-refractivity contribution is 7.91. The summed E-state index contributed by atoms with van der Waals surface area (Å²) < 4.78 is 26.6.